The van der Waals surface area contributed by atoms with Gasteiger partial charge in [-0.1, -0.05) is 79.4 Å². The molecule has 0 spiro atoms. The summed E-state index contributed by atoms with van der Waals surface area (Å²) < 4.78 is 26.7. The fourth-order valence-electron chi connectivity index (χ4n) is 4.50. The lowest BCUT2D eigenvalue weighted by molar-refractivity contribution is -0.141. The highest BCUT2D eigenvalue weighted by Crippen LogP contribution is 2.52. The molecule has 6 heteroatoms. The maximum atomic E-state index is 7.26. The van der Waals surface area contributed by atoms with E-state index >= 15 is 0 Å². The van der Waals surface area contributed by atoms with E-state index in [1.165, 1.54) is 19.3 Å². The van der Waals surface area contributed by atoms with Crippen molar-refractivity contribution in [3.05, 3.63) is 12.2 Å². The molecule has 0 radical (unpaired) electrons. The summed E-state index contributed by atoms with van der Waals surface area (Å²) in [5, 5.41) is 0.245. The molecule has 1 aliphatic heterocycles. The van der Waals surface area contributed by atoms with Crippen LogP contribution in [0.25, 0.3) is 0 Å². The molecule has 0 N–H and O–H groups in total. The zero-order chi connectivity index (χ0) is 29.0. The van der Waals surface area contributed by atoms with Crippen molar-refractivity contribution >= 4 is 16.6 Å². The first kappa shape index (κ1) is 33.8. The Hall–Kier alpha value is -0.426. The van der Waals surface area contributed by atoms with Crippen LogP contribution in [0, 0.1) is 23.7 Å². The minimum atomic E-state index is -2.04. The lowest BCUT2D eigenvalue weighted by Crippen LogP contribution is -2.52. The summed E-state index contributed by atoms with van der Waals surface area (Å²) in [6, 6.07) is 0. The Bertz CT molecular complexity index is 838. The van der Waals surface area contributed by atoms with Crippen LogP contribution in [0.1, 0.15) is 101 Å². The van der Waals surface area contributed by atoms with E-state index in [0.29, 0.717) is 18.4 Å². The molecule has 1 saturated heterocycles. The van der Waals surface area contributed by atoms with Crippen LogP contribution in [0.3, 0.4) is 0 Å². The standard InChI is InChI=1S/C32H60O4Si2/c1-14-15-16-17-18-19-20-21-22-27(35-37(10,11)30(2,3)4)29(36-38(12,13)31(5,6)7)26-23-25(26)28-24-33-32(8,9)34-28/h21-22,25-29H,14-17,20,23-24H2,1-13H3/b22-21-/t25-,26-,27-,28-,29-/m1/s1. The Labute approximate surface area is 238 Å². The molecular formula is C32H60O4Si2. The van der Waals surface area contributed by atoms with Gasteiger partial charge in [-0.25, -0.2) is 0 Å². The first-order valence-electron chi connectivity index (χ1n) is 15.1. The van der Waals surface area contributed by atoms with Crippen LogP contribution in [0.4, 0.5) is 0 Å². The van der Waals surface area contributed by atoms with Gasteiger partial charge in [0, 0.05) is 12.8 Å². The molecule has 1 aliphatic carbocycles. The van der Waals surface area contributed by atoms with Crippen molar-refractivity contribution in [2.24, 2.45) is 11.8 Å². The zero-order valence-corrected chi connectivity index (χ0v) is 29.1. The predicted molar refractivity (Wildman–Crippen MR) is 166 cm³/mol. The second-order valence-corrected chi connectivity index (χ2v) is 24.6. The maximum Gasteiger partial charge on any atom is 0.193 e. The van der Waals surface area contributed by atoms with Crippen molar-refractivity contribution in [1.29, 1.82) is 0 Å². The third kappa shape index (κ3) is 9.59. The molecule has 0 aromatic carbocycles. The topological polar surface area (TPSA) is 36.9 Å². The Morgan fingerprint density at radius 2 is 1.55 bits per heavy atom. The Balaban J connectivity index is 2.33. The van der Waals surface area contributed by atoms with Crippen molar-refractivity contribution in [3.63, 3.8) is 0 Å². The molecule has 0 aromatic rings. The van der Waals surface area contributed by atoms with Gasteiger partial charge >= 0.3 is 0 Å². The van der Waals surface area contributed by atoms with Crippen molar-refractivity contribution in [2.75, 3.05) is 6.61 Å². The van der Waals surface area contributed by atoms with E-state index in [0.717, 1.165) is 19.3 Å². The van der Waals surface area contributed by atoms with Crippen LogP contribution in [-0.2, 0) is 18.3 Å². The Morgan fingerprint density at radius 1 is 0.947 bits per heavy atom. The third-order valence-electron chi connectivity index (χ3n) is 9.19. The van der Waals surface area contributed by atoms with Crippen LogP contribution in [0.2, 0.25) is 36.3 Å². The minimum absolute atomic E-state index is 0.0103. The average Bonchev–Trinajstić information content (AvgIpc) is 3.47. The average molecular weight is 565 g/mol. The van der Waals surface area contributed by atoms with Gasteiger partial charge in [-0.15, -0.1) is 5.92 Å². The number of hydrogen-bond acceptors (Lipinski definition) is 4. The highest BCUT2D eigenvalue weighted by atomic mass is 28.4. The van der Waals surface area contributed by atoms with Gasteiger partial charge in [0.05, 0.1) is 24.9 Å². The number of allylic oxidation sites excluding steroid dienone is 1. The molecular weight excluding hydrogens is 505 g/mol. The quantitative estimate of drug-likeness (QED) is 0.102. The van der Waals surface area contributed by atoms with E-state index in [-0.39, 0.29) is 28.4 Å². The van der Waals surface area contributed by atoms with Gasteiger partial charge < -0.3 is 18.3 Å². The molecule has 1 saturated carbocycles. The molecule has 4 nitrogen and oxygen atoms in total. The number of unbranched alkanes of at least 4 members (excludes halogenated alkanes) is 3. The first-order chi connectivity index (χ1) is 17.3. The number of rotatable bonds is 12. The van der Waals surface area contributed by atoms with E-state index < -0.39 is 22.4 Å². The molecule has 0 aromatic heterocycles. The van der Waals surface area contributed by atoms with Gasteiger partial charge in [-0.2, -0.15) is 0 Å². The zero-order valence-electron chi connectivity index (χ0n) is 27.1. The van der Waals surface area contributed by atoms with E-state index in [1.807, 2.05) is 13.8 Å². The second kappa shape index (κ2) is 13.0. The fraction of sp³-hybridized carbons (Fsp3) is 0.875. The Morgan fingerprint density at radius 3 is 2.08 bits per heavy atom. The number of ether oxygens (including phenoxy) is 2. The fourth-order valence-corrected chi connectivity index (χ4v) is 7.09. The van der Waals surface area contributed by atoms with Crippen molar-refractivity contribution in [2.45, 2.75) is 161 Å². The van der Waals surface area contributed by atoms with Gasteiger partial charge in [-0.05, 0) is 74.8 Å². The predicted octanol–water partition coefficient (Wildman–Crippen LogP) is 9.08. The third-order valence-corrected chi connectivity index (χ3v) is 18.1. The summed E-state index contributed by atoms with van der Waals surface area (Å²) in [5.41, 5.74) is 0. The lowest BCUT2D eigenvalue weighted by atomic mass is 10.0. The largest absolute Gasteiger partial charge is 0.411 e. The van der Waals surface area contributed by atoms with Crippen LogP contribution < -0.4 is 0 Å². The molecule has 0 unspecified atom stereocenters. The summed E-state index contributed by atoms with van der Waals surface area (Å²) in [4.78, 5) is 0. The smallest absolute Gasteiger partial charge is 0.193 e. The molecule has 38 heavy (non-hydrogen) atoms. The molecule has 2 fully saturated rings. The van der Waals surface area contributed by atoms with Gasteiger partial charge in [0.2, 0.25) is 0 Å². The van der Waals surface area contributed by atoms with Crippen molar-refractivity contribution < 1.29 is 18.3 Å². The number of hydrogen-bond donors (Lipinski definition) is 0. The molecule has 2 rings (SSSR count). The molecule has 5 atom stereocenters. The summed E-state index contributed by atoms with van der Waals surface area (Å²) in [5.74, 6) is 7.07. The van der Waals surface area contributed by atoms with Crippen LogP contribution >= 0.6 is 0 Å². The van der Waals surface area contributed by atoms with Crippen LogP contribution in [-0.4, -0.2) is 47.3 Å². The summed E-state index contributed by atoms with van der Waals surface area (Å²) in [7, 11) is -4.09. The minimum Gasteiger partial charge on any atom is -0.411 e. The van der Waals surface area contributed by atoms with E-state index in [1.54, 1.807) is 0 Å². The summed E-state index contributed by atoms with van der Waals surface area (Å²) >= 11 is 0. The van der Waals surface area contributed by atoms with E-state index in [2.05, 4.69) is 98.6 Å². The summed E-state index contributed by atoms with van der Waals surface area (Å²) in [6.07, 6.45) is 11.1. The van der Waals surface area contributed by atoms with Crippen LogP contribution in [0.5, 0.6) is 0 Å². The Kier molecular flexibility index (Phi) is 11.6. The summed E-state index contributed by atoms with van der Waals surface area (Å²) in [6.45, 7) is 30.3. The van der Waals surface area contributed by atoms with E-state index in [4.69, 9.17) is 18.3 Å². The van der Waals surface area contributed by atoms with Gasteiger partial charge in [-0.3, -0.25) is 0 Å². The van der Waals surface area contributed by atoms with Crippen molar-refractivity contribution in [1.82, 2.24) is 0 Å². The van der Waals surface area contributed by atoms with Crippen LogP contribution in [0.15, 0.2) is 12.2 Å². The SMILES string of the molecule is CCCCCC#CC/C=C\[C@@H](O[Si](C)(C)C(C)(C)C)[C@H](O[Si](C)(C)C(C)(C)C)[C@@H]1C[C@H]1[C@H]1COC(C)(C)O1. The molecule has 0 amide bonds. The molecule has 2 aliphatic rings. The monoisotopic (exact) mass is 564 g/mol. The highest BCUT2D eigenvalue weighted by molar-refractivity contribution is 6.74. The van der Waals surface area contributed by atoms with Gasteiger partial charge in [0.25, 0.3) is 0 Å². The second-order valence-electron chi connectivity index (χ2n) is 15.1. The van der Waals surface area contributed by atoms with Gasteiger partial charge in [0.15, 0.2) is 22.4 Å². The van der Waals surface area contributed by atoms with Crippen molar-refractivity contribution in [3.8, 4) is 11.8 Å². The molecule has 0 bridgehead atoms. The maximum absolute atomic E-state index is 7.26. The lowest BCUT2D eigenvalue weighted by Gasteiger charge is -2.45. The normalized spacial score (nSPS) is 25.8. The van der Waals surface area contributed by atoms with Gasteiger partial charge in [0.1, 0.15) is 0 Å². The van der Waals surface area contributed by atoms with E-state index in [9.17, 15) is 0 Å². The molecule has 1 heterocycles. The highest BCUT2D eigenvalue weighted by Gasteiger charge is 2.56. The molecule has 220 valence electrons. The first-order valence-corrected chi connectivity index (χ1v) is 20.9.